The summed E-state index contributed by atoms with van der Waals surface area (Å²) in [5, 5.41) is 3.94. The third-order valence-corrected chi connectivity index (χ3v) is 6.15. The summed E-state index contributed by atoms with van der Waals surface area (Å²) in [5.74, 6) is 0.908. The molecule has 0 saturated carbocycles. The van der Waals surface area contributed by atoms with Crippen molar-refractivity contribution in [1.29, 1.82) is 0 Å². The van der Waals surface area contributed by atoms with Crippen LogP contribution in [0.2, 0.25) is 0 Å². The Morgan fingerprint density at radius 1 is 1.14 bits per heavy atom. The van der Waals surface area contributed by atoms with E-state index in [0.717, 1.165) is 36.2 Å². The zero-order valence-electron chi connectivity index (χ0n) is 17.5. The van der Waals surface area contributed by atoms with Gasteiger partial charge in [0.25, 0.3) is 0 Å². The van der Waals surface area contributed by atoms with Crippen LogP contribution in [-0.4, -0.2) is 34.3 Å². The summed E-state index contributed by atoms with van der Waals surface area (Å²) in [6.45, 7) is 11.7. The quantitative estimate of drug-likeness (QED) is 0.673. The molecule has 2 aromatic rings. The van der Waals surface area contributed by atoms with Gasteiger partial charge in [0.2, 0.25) is 5.91 Å². The summed E-state index contributed by atoms with van der Waals surface area (Å²) in [7, 11) is 0. The third-order valence-electron chi connectivity index (χ3n) is 5.18. The molecule has 1 aromatic carbocycles. The predicted molar refractivity (Wildman–Crippen MR) is 118 cm³/mol. The SMILES string of the molecule is Cc1nc(SCC(=O)Nc2ccc(N3CCCCC3)cc2)n(CC(C)C)c1C. The smallest absolute Gasteiger partial charge is 0.234 e. The lowest BCUT2D eigenvalue weighted by molar-refractivity contribution is -0.113. The molecule has 152 valence electrons. The summed E-state index contributed by atoms with van der Waals surface area (Å²) in [5.41, 5.74) is 4.32. The molecule has 1 N–H and O–H groups in total. The zero-order chi connectivity index (χ0) is 20.1. The van der Waals surface area contributed by atoms with Crippen molar-refractivity contribution in [2.45, 2.75) is 58.7 Å². The lowest BCUT2D eigenvalue weighted by Crippen LogP contribution is -2.29. The highest BCUT2D eigenvalue weighted by atomic mass is 32.2. The molecule has 0 bridgehead atoms. The van der Waals surface area contributed by atoms with Gasteiger partial charge in [-0.3, -0.25) is 4.79 Å². The van der Waals surface area contributed by atoms with Crippen LogP contribution in [0.3, 0.4) is 0 Å². The predicted octanol–water partition coefficient (Wildman–Crippen LogP) is 4.88. The standard InChI is InChI=1S/C22H32N4OS/c1-16(2)14-26-18(4)17(3)23-22(26)28-15-21(27)24-19-8-10-20(11-9-19)25-12-6-5-7-13-25/h8-11,16H,5-7,12-15H2,1-4H3,(H,24,27). The maximum Gasteiger partial charge on any atom is 0.234 e. The number of hydrogen-bond donors (Lipinski definition) is 1. The number of carbonyl (C=O) groups is 1. The van der Waals surface area contributed by atoms with Gasteiger partial charge in [0, 0.05) is 36.7 Å². The molecular formula is C22H32N4OS. The van der Waals surface area contributed by atoms with Gasteiger partial charge < -0.3 is 14.8 Å². The van der Waals surface area contributed by atoms with Gasteiger partial charge in [0.15, 0.2) is 5.16 Å². The van der Waals surface area contributed by atoms with Crippen molar-refractivity contribution in [2.24, 2.45) is 5.92 Å². The average Bonchev–Trinajstić information content (AvgIpc) is 2.95. The molecule has 0 unspecified atom stereocenters. The van der Waals surface area contributed by atoms with Crippen molar-refractivity contribution in [3.8, 4) is 0 Å². The number of amides is 1. The van der Waals surface area contributed by atoms with Gasteiger partial charge in [-0.2, -0.15) is 0 Å². The first-order valence-corrected chi connectivity index (χ1v) is 11.2. The van der Waals surface area contributed by atoms with Gasteiger partial charge in [-0.15, -0.1) is 0 Å². The van der Waals surface area contributed by atoms with E-state index in [0.29, 0.717) is 11.7 Å². The molecular weight excluding hydrogens is 368 g/mol. The molecule has 2 heterocycles. The van der Waals surface area contributed by atoms with E-state index in [1.54, 1.807) is 0 Å². The minimum atomic E-state index is 0.00475. The summed E-state index contributed by atoms with van der Waals surface area (Å²) in [6, 6.07) is 8.22. The highest BCUT2D eigenvalue weighted by molar-refractivity contribution is 7.99. The van der Waals surface area contributed by atoms with Gasteiger partial charge in [-0.1, -0.05) is 25.6 Å². The van der Waals surface area contributed by atoms with Crippen LogP contribution in [0.5, 0.6) is 0 Å². The van der Waals surface area contributed by atoms with Gasteiger partial charge >= 0.3 is 0 Å². The number of nitrogens with zero attached hydrogens (tertiary/aromatic N) is 3. The Bertz CT molecular complexity index is 792. The zero-order valence-corrected chi connectivity index (χ0v) is 18.3. The molecule has 0 radical (unpaired) electrons. The molecule has 5 nitrogen and oxygen atoms in total. The highest BCUT2D eigenvalue weighted by Gasteiger charge is 2.15. The van der Waals surface area contributed by atoms with Crippen molar-refractivity contribution in [3.63, 3.8) is 0 Å². The molecule has 28 heavy (non-hydrogen) atoms. The van der Waals surface area contributed by atoms with Crippen molar-refractivity contribution in [2.75, 3.05) is 29.1 Å². The first kappa shape index (κ1) is 20.8. The van der Waals surface area contributed by atoms with Crippen molar-refractivity contribution in [1.82, 2.24) is 9.55 Å². The fourth-order valence-corrected chi connectivity index (χ4v) is 4.45. The number of carbonyl (C=O) groups excluding carboxylic acids is 1. The van der Waals surface area contributed by atoms with Crippen LogP contribution in [0.4, 0.5) is 11.4 Å². The molecule has 0 atom stereocenters. The fraction of sp³-hybridized carbons (Fsp3) is 0.545. The number of nitrogens with one attached hydrogen (secondary N) is 1. The molecule has 1 saturated heterocycles. The van der Waals surface area contributed by atoms with Gasteiger partial charge in [-0.05, 0) is 63.3 Å². The van der Waals surface area contributed by atoms with E-state index in [1.807, 2.05) is 19.1 Å². The van der Waals surface area contributed by atoms with Crippen molar-refractivity contribution in [3.05, 3.63) is 35.7 Å². The maximum atomic E-state index is 12.4. The highest BCUT2D eigenvalue weighted by Crippen LogP contribution is 2.24. The van der Waals surface area contributed by atoms with E-state index in [9.17, 15) is 4.79 Å². The average molecular weight is 401 g/mol. The van der Waals surface area contributed by atoms with Crippen LogP contribution in [0.1, 0.15) is 44.5 Å². The Labute approximate surface area is 172 Å². The maximum absolute atomic E-state index is 12.4. The number of imidazole rings is 1. The van der Waals surface area contributed by atoms with Crippen LogP contribution < -0.4 is 10.2 Å². The van der Waals surface area contributed by atoms with Crippen LogP contribution in [0.25, 0.3) is 0 Å². The van der Waals surface area contributed by atoms with Crippen molar-refractivity contribution < 1.29 is 4.79 Å². The normalized spacial score (nSPS) is 14.5. The van der Waals surface area contributed by atoms with E-state index in [4.69, 9.17) is 0 Å². The van der Waals surface area contributed by atoms with E-state index >= 15 is 0 Å². The van der Waals surface area contributed by atoms with E-state index < -0.39 is 0 Å². The molecule has 1 aromatic heterocycles. The molecule has 0 aliphatic carbocycles. The van der Waals surface area contributed by atoms with Gasteiger partial charge in [-0.25, -0.2) is 4.98 Å². The largest absolute Gasteiger partial charge is 0.372 e. The van der Waals surface area contributed by atoms with Crippen LogP contribution in [0, 0.1) is 19.8 Å². The number of thioether (sulfide) groups is 1. The van der Waals surface area contributed by atoms with Gasteiger partial charge in [0.1, 0.15) is 0 Å². The lowest BCUT2D eigenvalue weighted by Gasteiger charge is -2.28. The number of benzene rings is 1. The number of aryl methyl sites for hydroxylation is 1. The number of rotatable bonds is 7. The second kappa shape index (κ2) is 9.50. The molecule has 0 spiro atoms. The second-order valence-electron chi connectivity index (χ2n) is 8.00. The van der Waals surface area contributed by atoms with Crippen LogP contribution >= 0.6 is 11.8 Å². The Morgan fingerprint density at radius 3 is 2.46 bits per heavy atom. The summed E-state index contributed by atoms with van der Waals surface area (Å²) in [4.78, 5) is 19.5. The number of piperidine rings is 1. The Morgan fingerprint density at radius 2 is 1.82 bits per heavy atom. The van der Waals surface area contributed by atoms with E-state index in [1.165, 1.54) is 42.4 Å². The number of hydrogen-bond acceptors (Lipinski definition) is 4. The third kappa shape index (κ3) is 5.31. The second-order valence-corrected chi connectivity index (χ2v) is 8.94. The van der Waals surface area contributed by atoms with Crippen LogP contribution in [0.15, 0.2) is 29.4 Å². The Balaban J connectivity index is 1.55. The minimum Gasteiger partial charge on any atom is -0.372 e. The van der Waals surface area contributed by atoms with Crippen LogP contribution in [-0.2, 0) is 11.3 Å². The van der Waals surface area contributed by atoms with Crippen molar-refractivity contribution >= 4 is 29.0 Å². The summed E-state index contributed by atoms with van der Waals surface area (Å²) in [6.07, 6.45) is 3.86. The van der Waals surface area contributed by atoms with E-state index in [2.05, 4.69) is 52.7 Å². The minimum absolute atomic E-state index is 0.00475. The summed E-state index contributed by atoms with van der Waals surface area (Å²) >= 11 is 1.51. The monoisotopic (exact) mass is 400 g/mol. The molecule has 1 fully saturated rings. The Kier molecular flexibility index (Phi) is 7.05. The molecule has 1 aliphatic rings. The first-order chi connectivity index (χ1) is 13.4. The fourth-order valence-electron chi connectivity index (χ4n) is 3.55. The number of aromatic nitrogens is 2. The molecule has 1 aliphatic heterocycles. The molecule has 1 amide bonds. The number of anilines is 2. The van der Waals surface area contributed by atoms with E-state index in [-0.39, 0.29) is 5.91 Å². The summed E-state index contributed by atoms with van der Waals surface area (Å²) < 4.78 is 2.23. The van der Waals surface area contributed by atoms with Gasteiger partial charge in [0.05, 0.1) is 11.4 Å². The lowest BCUT2D eigenvalue weighted by atomic mass is 10.1. The molecule has 6 heteroatoms. The Hall–Kier alpha value is -1.95. The first-order valence-electron chi connectivity index (χ1n) is 10.3. The molecule has 3 rings (SSSR count). The topological polar surface area (TPSA) is 50.2 Å².